The SMILES string of the molecule is Cc1[nH]c(C(=O)NC2CCC(C)CC2)c(C)c1S(=O)(=O)N1CCCCCC1. The van der Waals surface area contributed by atoms with Crippen molar-refractivity contribution in [2.45, 2.75) is 83.1 Å². The molecule has 152 valence electrons. The molecule has 1 aromatic heterocycles. The molecule has 2 heterocycles. The van der Waals surface area contributed by atoms with E-state index in [0.29, 0.717) is 30.0 Å². The van der Waals surface area contributed by atoms with E-state index in [1.807, 2.05) is 0 Å². The Labute approximate surface area is 163 Å². The molecule has 27 heavy (non-hydrogen) atoms. The molecule has 1 amide bonds. The first kappa shape index (κ1) is 20.4. The molecule has 0 atom stereocenters. The molecule has 3 rings (SSSR count). The normalized spacial score (nSPS) is 25.1. The summed E-state index contributed by atoms with van der Waals surface area (Å²) in [7, 11) is -3.58. The molecule has 0 aromatic carbocycles. The summed E-state index contributed by atoms with van der Waals surface area (Å²) in [5, 5.41) is 3.10. The van der Waals surface area contributed by atoms with E-state index in [0.717, 1.165) is 57.3 Å². The van der Waals surface area contributed by atoms with Crippen molar-refractivity contribution >= 4 is 15.9 Å². The van der Waals surface area contributed by atoms with E-state index in [1.165, 1.54) is 0 Å². The van der Waals surface area contributed by atoms with E-state index in [9.17, 15) is 13.2 Å². The minimum atomic E-state index is -3.58. The number of amides is 1. The predicted octanol–water partition coefficient (Wildman–Crippen LogP) is 3.50. The molecule has 0 spiro atoms. The van der Waals surface area contributed by atoms with Gasteiger partial charge >= 0.3 is 0 Å². The van der Waals surface area contributed by atoms with Gasteiger partial charge in [-0.25, -0.2) is 8.42 Å². The zero-order valence-corrected chi connectivity index (χ0v) is 17.6. The largest absolute Gasteiger partial charge is 0.353 e. The third kappa shape index (κ3) is 4.40. The van der Waals surface area contributed by atoms with Gasteiger partial charge in [0.2, 0.25) is 10.0 Å². The first-order valence-corrected chi connectivity index (χ1v) is 11.7. The summed E-state index contributed by atoms with van der Waals surface area (Å²) in [5.41, 5.74) is 1.48. The summed E-state index contributed by atoms with van der Waals surface area (Å²) in [6.07, 6.45) is 8.18. The summed E-state index contributed by atoms with van der Waals surface area (Å²) in [5.74, 6) is 0.533. The van der Waals surface area contributed by atoms with E-state index < -0.39 is 10.0 Å². The number of sulfonamides is 1. The lowest BCUT2D eigenvalue weighted by Crippen LogP contribution is -2.37. The van der Waals surface area contributed by atoms with Crippen molar-refractivity contribution in [3.05, 3.63) is 17.0 Å². The van der Waals surface area contributed by atoms with Crippen LogP contribution < -0.4 is 5.32 Å². The molecule has 1 saturated carbocycles. The molecule has 2 N–H and O–H groups in total. The highest BCUT2D eigenvalue weighted by molar-refractivity contribution is 7.89. The first-order valence-electron chi connectivity index (χ1n) is 10.3. The third-order valence-electron chi connectivity index (χ3n) is 6.11. The lowest BCUT2D eigenvalue weighted by molar-refractivity contribution is 0.0917. The summed E-state index contributed by atoms with van der Waals surface area (Å²) in [6, 6.07) is 0.183. The van der Waals surface area contributed by atoms with Gasteiger partial charge in [0.1, 0.15) is 10.6 Å². The molecule has 0 radical (unpaired) electrons. The molecular formula is C20H33N3O3S. The minimum Gasteiger partial charge on any atom is -0.353 e. The van der Waals surface area contributed by atoms with Crippen LogP contribution in [0.4, 0.5) is 0 Å². The molecule has 0 unspecified atom stereocenters. The van der Waals surface area contributed by atoms with E-state index in [1.54, 1.807) is 18.2 Å². The fourth-order valence-corrected chi connectivity index (χ4v) is 6.34. The maximum absolute atomic E-state index is 13.2. The highest BCUT2D eigenvalue weighted by atomic mass is 32.2. The van der Waals surface area contributed by atoms with Crippen LogP contribution >= 0.6 is 0 Å². The monoisotopic (exact) mass is 395 g/mol. The van der Waals surface area contributed by atoms with Gasteiger partial charge in [-0.15, -0.1) is 0 Å². The van der Waals surface area contributed by atoms with E-state index >= 15 is 0 Å². The quantitative estimate of drug-likeness (QED) is 0.818. The molecule has 2 aliphatic rings. The molecule has 1 aliphatic carbocycles. The Morgan fingerprint density at radius 3 is 2.22 bits per heavy atom. The average Bonchev–Trinajstić information content (AvgIpc) is 2.80. The number of aryl methyl sites for hydroxylation is 1. The standard InChI is InChI=1S/C20H33N3O3S/c1-14-8-10-17(11-9-14)22-20(24)18-15(2)19(16(3)21-18)27(25,26)23-12-6-4-5-7-13-23/h14,17,21H,4-13H2,1-3H3,(H,22,24). The van der Waals surface area contributed by atoms with Gasteiger partial charge < -0.3 is 10.3 Å². The molecule has 1 aromatic rings. The molecule has 1 saturated heterocycles. The Hall–Kier alpha value is -1.34. The van der Waals surface area contributed by atoms with Gasteiger partial charge in [0, 0.05) is 24.8 Å². The van der Waals surface area contributed by atoms with Crippen LogP contribution in [0.3, 0.4) is 0 Å². The number of hydrogen-bond donors (Lipinski definition) is 2. The second-order valence-electron chi connectivity index (χ2n) is 8.33. The van der Waals surface area contributed by atoms with E-state index in [-0.39, 0.29) is 16.8 Å². The summed E-state index contributed by atoms with van der Waals surface area (Å²) < 4.78 is 28.0. The van der Waals surface area contributed by atoms with Crippen molar-refractivity contribution < 1.29 is 13.2 Å². The predicted molar refractivity (Wildman–Crippen MR) is 106 cm³/mol. The van der Waals surface area contributed by atoms with Crippen LogP contribution in [0.25, 0.3) is 0 Å². The molecule has 0 bridgehead atoms. The summed E-state index contributed by atoms with van der Waals surface area (Å²) >= 11 is 0. The average molecular weight is 396 g/mol. The van der Waals surface area contributed by atoms with Crippen molar-refractivity contribution in [1.82, 2.24) is 14.6 Å². The van der Waals surface area contributed by atoms with Crippen LogP contribution in [0.2, 0.25) is 0 Å². The fraction of sp³-hybridized carbons (Fsp3) is 0.750. The third-order valence-corrected chi connectivity index (χ3v) is 8.28. The number of aromatic amines is 1. The van der Waals surface area contributed by atoms with Gasteiger partial charge in [-0.3, -0.25) is 4.79 Å². The second kappa shape index (κ2) is 8.35. The van der Waals surface area contributed by atoms with E-state index in [4.69, 9.17) is 0 Å². The van der Waals surface area contributed by atoms with Crippen molar-refractivity contribution in [1.29, 1.82) is 0 Å². The van der Waals surface area contributed by atoms with Crippen LogP contribution in [0.5, 0.6) is 0 Å². The molecule has 7 heteroatoms. The lowest BCUT2D eigenvalue weighted by atomic mass is 9.87. The Balaban J connectivity index is 1.80. The molecular weight excluding hydrogens is 362 g/mol. The van der Waals surface area contributed by atoms with Gasteiger partial charge in [-0.2, -0.15) is 4.31 Å². The number of H-pyrrole nitrogens is 1. The number of carbonyl (C=O) groups is 1. The number of aromatic nitrogens is 1. The Morgan fingerprint density at radius 2 is 1.63 bits per heavy atom. The second-order valence-corrected chi connectivity index (χ2v) is 10.2. The van der Waals surface area contributed by atoms with Crippen molar-refractivity contribution in [2.75, 3.05) is 13.1 Å². The van der Waals surface area contributed by atoms with Crippen LogP contribution in [0.15, 0.2) is 4.90 Å². The van der Waals surface area contributed by atoms with Crippen molar-refractivity contribution in [3.63, 3.8) is 0 Å². The van der Waals surface area contributed by atoms with Gasteiger partial charge in [0.05, 0.1) is 0 Å². The number of hydrogen-bond acceptors (Lipinski definition) is 3. The fourth-order valence-electron chi connectivity index (χ4n) is 4.42. The van der Waals surface area contributed by atoms with Gasteiger partial charge in [-0.1, -0.05) is 19.8 Å². The summed E-state index contributed by atoms with van der Waals surface area (Å²) in [6.45, 7) is 6.86. The highest BCUT2D eigenvalue weighted by Gasteiger charge is 2.32. The van der Waals surface area contributed by atoms with Crippen LogP contribution in [0.1, 0.15) is 80.0 Å². The highest BCUT2D eigenvalue weighted by Crippen LogP contribution is 2.29. The van der Waals surface area contributed by atoms with Gasteiger partial charge in [0.25, 0.3) is 5.91 Å². The van der Waals surface area contributed by atoms with E-state index in [2.05, 4.69) is 17.2 Å². The topological polar surface area (TPSA) is 82.3 Å². The Kier molecular flexibility index (Phi) is 6.31. The van der Waals surface area contributed by atoms with Crippen LogP contribution in [-0.2, 0) is 10.0 Å². The van der Waals surface area contributed by atoms with Crippen LogP contribution in [0, 0.1) is 19.8 Å². The first-order chi connectivity index (χ1) is 12.8. The number of nitrogens with one attached hydrogen (secondary N) is 2. The molecule has 6 nitrogen and oxygen atoms in total. The Morgan fingerprint density at radius 1 is 1.04 bits per heavy atom. The maximum atomic E-state index is 13.2. The maximum Gasteiger partial charge on any atom is 0.268 e. The minimum absolute atomic E-state index is 0.183. The van der Waals surface area contributed by atoms with Crippen molar-refractivity contribution in [3.8, 4) is 0 Å². The van der Waals surface area contributed by atoms with Crippen molar-refractivity contribution in [2.24, 2.45) is 5.92 Å². The van der Waals surface area contributed by atoms with Gasteiger partial charge in [0.15, 0.2) is 0 Å². The lowest BCUT2D eigenvalue weighted by Gasteiger charge is -2.26. The number of carbonyl (C=O) groups excluding carboxylic acids is 1. The summed E-state index contributed by atoms with van der Waals surface area (Å²) in [4.78, 5) is 16.1. The number of rotatable bonds is 4. The zero-order chi connectivity index (χ0) is 19.6. The smallest absolute Gasteiger partial charge is 0.268 e. The van der Waals surface area contributed by atoms with Gasteiger partial charge in [-0.05, 0) is 63.9 Å². The van der Waals surface area contributed by atoms with Crippen LogP contribution in [-0.4, -0.2) is 42.7 Å². The zero-order valence-electron chi connectivity index (χ0n) is 16.8. The molecule has 1 aliphatic heterocycles. The number of nitrogens with zero attached hydrogens (tertiary/aromatic N) is 1. The Bertz CT molecular complexity index is 769. The molecule has 2 fully saturated rings.